The number of hydrogen-bond donors (Lipinski definition) is 1. The first kappa shape index (κ1) is 17.6. The molecule has 2 heterocycles. The number of benzene rings is 1. The zero-order valence-electron chi connectivity index (χ0n) is 14.7. The van der Waals surface area contributed by atoms with Crippen LogP contribution >= 0.6 is 0 Å². The highest BCUT2D eigenvalue weighted by atomic mass is 19.1. The van der Waals surface area contributed by atoms with Crippen molar-refractivity contribution in [3.05, 3.63) is 47.9 Å². The fourth-order valence-corrected chi connectivity index (χ4v) is 2.85. The molecule has 1 fully saturated rings. The predicted octanol–water partition coefficient (Wildman–Crippen LogP) is 2.17. The summed E-state index contributed by atoms with van der Waals surface area (Å²) in [6, 6.07) is 8.60. The van der Waals surface area contributed by atoms with E-state index in [1.54, 1.807) is 6.20 Å². The SMILES string of the molecule is CN(C)C(CNc1ccnc(N2CCOCC2)n1)c1ccc(F)cc1. The predicted molar refractivity (Wildman–Crippen MR) is 96.4 cm³/mol. The topological polar surface area (TPSA) is 53.5 Å². The van der Waals surface area contributed by atoms with Gasteiger partial charge in [0.25, 0.3) is 0 Å². The smallest absolute Gasteiger partial charge is 0.227 e. The lowest BCUT2D eigenvalue weighted by Crippen LogP contribution is -2.37. The van der Waals surface area contributed by atoms with E-state index in [4.69, 9.17) is 4.74 Å². The van der Waals surface area contributed by atoms with Crippen LogP contribution in [0.3, 0.4) is 0 Å². The fraction of sp³-hybridized carbons (Fsp3) is 0.444. The van der Waals surface area contributed by atoms with Gasteiger partial charge in [-0.2, -0.15) is 4.98 Å². The fourth-order valence-electron chi connectivity index (χ4n) is 2.85. The second-order valence-electron chi connectivity index (χ2n) is 6.25. The van der Waals surface area contributed by atoms with Gasteiger partial charge in [0.2, 0.25) is 5.95 Å². The van der Waals surface area contributed by atoms with Crippen LogP contribution < -0.4 is 10.2 Å². The molecule has 7 heteroatoms. The number of likely N-dealkylation sites (N-methyl/N-ethyl adjacent to an activating group) is 1. The summed E-state index contributed by atoms with van der Waals surface area (Å²) in [5.41, 5.74) is 1.06. The zero-order chi connectivity index (χ0) is 17.6. The molecule has 1 unspecified atom stereocenters. The van der Waals surface area contributed by atoms with E-state index >= 15 is 0 Å². The molecule has 0 spiro atoms. The molecule has 2 aromatic rings. The highest BCUT2D eigenvalue weighted by Crippen LogP contribution is 2.20. The first-order valence-corrected chi connectivity index (χ1v) is 8.45. The summed E-state index contributed by atoms with van der Waals surface area (Å²) in [6.07, 6.45) is 1.77. The van der Waals surface area contributed by atoms with Crippen molar-refractivity contribution in [1.82, 2.24) is 14.9 Å². The minimum absolute atomic E-state index is 0.113. The maximum Gasteiger partial charge on any atom is 0.227 e. The maximum absolute atomic E-state index is 13.2. The summed E-state index contributed by atoms with van der Waals surface area (Å²) >= 11 is 0. The lowest BCUT2D eigenvalue weighted by atomic mass is 10.1. The number of nitrogens with zero attached hydrogens (tertiary/aromatic N) is 4. The van der Waals surface area contributed by atoms with Gasteiger partial charge in [-0.3, -0.25) is 0 Å². The van der Waals surface area contributed by atoms with Gasteiger partial charge in [-0.25, -0.2) is 9.37 Å². The first-order chi connectivity index (χ1) is 12.1. The minimum Gasteiger partial charge on any atom is -0.378 e. The molecule has 1 aliphatic heterocycles. The van der Waals surface area contributed by atoms with Crippen LogP contribution in [-0.4, -0.2) is 61.8 Å². The lowest BCUT2D eigenvalue weighted by molar-refractivity contribution is 0.122. The maximum atomic E-state index is 13.2. The molecule has 1 saturated heterocycles. The summed E-state index contributed by atoms with van der Waals surface area (Å²) in [6.45, 7) is 3.68. The number of ether oxygens (including phenoxy) is 1. The van der Waals surface area contributed by atoms with Gasteiger partial charge in [-0.1, -0.05) is 12.1 Å². The second kappa shape index (κ2) is 8.22. The van der Waals surface area contributed by atoms with Crippen LogP contribution in [0.5, 0.6) is 0 Å². The first-order valence-electron chi connectivity index (χ1n) is 8.45. The number of rotatable bonds is 6. The third kappa shape index (κ3) is 4.64. The Balaban J connectivity index is 1.67. The van der Waals surface area contributed by atoms with Crippen molar-refractivity contribution < 1.29 is 9.13 Å². The van der Waals surface area contributed by atoms with Gasteiger partial charge in [0, 0.05) is 25.8 Å². The van der Waals surface area contributed by atoms with E-state index in [-0.39, 0.29) is 11.9 Å². The van der Waals surface area contributed by atoms with Crippen LogP contribution in [0.25, 0.3) is 0 Å². The number of anilines is 2. The zero-order valence-corrected chi connectivity index (χ0v) is 14.7. The summed E-state index contributed by atoms with van der Waals surface area (Å²) in [4.78, 5) is 13.2. The van der Waals surface area contributed by atoms with Crippen LogP contribution in [0.4, 0.5) is 16.2 Å². The van der Waals surface area contributed by atoms with E-state index in [0.29, 0.717) is 19.8 Å². The summed E-state index contributed by atoms with van der Waals surface area (Å²) < 4.78 is 18.5. The van der Waals surface area contributed by atoms with E-state index in [9.17, 15) is 4.39 Å². The molecular formula is C18H24FN5O. The van der Waals surface area contributed by atoms with Crippen LogP contribution in [0.2, 0.25) is 0 Å². The van der Waals surface area contributed by atoms with Gasteiger partial charge in [-0.05, 0) is 37.9 Å². The quantitative estimate of drug-likeness (QED) is 0.866. The van der Waals surface area contributed by atoms with E-state index in [1.807, 2.05) is 32.3 Å². The Kier molecular flexibility index (Phi) is 5.78. The van der Waals surface area contributed by atoms with Crippen LogP contribution in [0, 0.1) is 5.82 Å². The molecule has 0 radical (unpaired) electrons. The molecule has 0 saturated carbocycles. The van der Waals surface area contributed by atoms with Crippen molar-refractivity contribution in [3.8, 4) is 0 Å². The van der Waals surface area contributed by atoms with Crippen molar-refractivity contribution in [2.75, 3.05) is 57.2 Å². The summed E-state index contributed by atoms with van der Waals surface area (Å²) in [7, 11) is 4.02. The molecule has 1 atom stereocenters. The van der Waals surface area contributed by atoms with Gasteiger partial charge in [-0.15, -0.1) is 0 Å². The molecule has 1 N–H and O–H groups in total. The number of nitrogens with one attached hydrogen (secondary N) is 1. The highest BCUT2D eigenvalue weighted by molar-refractivity contribution is 5.42. The molecule has 1 aliphatic rings. The van der Waals surface area contributed by atoms with Crippen LogP contribution in [-0.2, 0) is 4.74 Å². The largest absolute Gasteiger partial charge is 0.378 e. The van der Waals surface area contributed by atoms with Crippen LogP contribution in [0.1, 0.15) is 11.6 Å². The van der Waals surface area contributed by atoms with Gasteiger partial charge in [0.1, 0.15) is 11.6 Å². The van der Waals surface area contributed by atoms with E-state index < -0.39 is 0 Å². The van der Waals surface area contributed by atoms with Gasteiger partial charge in [0.15, 0.2) is 0 Å². The molecule has 134 valence electrons. The molecule has 1 aromatic carbocycles. The van der Waals surface area contributed by atoms with Gasteiger partial charge < -0.3 is 19.9 Å². The monoisotopic (exact) mass is 345 g/mol. The van der Waals surface area contributed by atoms with Crippen molar-refractivity contribution in [1.29, 1.82) is 0 Å². The normalized spacial score (nSPS) is 16.1. The number of halogens is 1. The average molecular weight is 345 g/mol. The molecule has 3 rings (SSSR count). The van der Waals surface area contributed by atoms with Crippen molar-refractivity contribution in [2.24, 2.45) is 0 Å². The van der Waals surface area contributed by atoms with E-state index in [0.717, 1.165) is 30.4 Å². The molecule has 0 aliphatic carbocycles. The van der Waals surface area contributed by atoms with E-state index in [1.165, 1.54) is 12.1 Å². The van der Waals surface area contributed by atoms with Crippen molar-refractivity contribution in [3.63, 3.8) is 0 Å². The third-order valence-corrected chi connectivity index (χ3v) is 4.29. The highest BCUT2D eigenvalue weighted by Gasteiger charge is 2.16. The van der Waals surface area contributed by atoms with Crippen LogP contribution in [0.15, 0.2) is 36.5 Å². The number of aromatic nitrogens is 2. The summed E-state index contributed by atoms with van der Waals surface area (Å²) in [5.74, 6) is 1.28. The second-order valence-corrected chi connectivity index (χ2v) is 6.25. The van der Waals surface area contributed by atoms with E-state index in [2.05, 4.69) is 25.1 Å². The standard InChI is InChI=1S/C18H24FN5O/c1-23(2)16(14-3-5-15(19)6-4-14)13-21-17-7-8-20-18(22-17)24-9-11-25-12-10-24/h3-8,16H,9-13H2,1-2H3,(H,20,21,22). The third-order valence-electron chi connectivity index (χ3n) is 4.29. The van der Waals surface area contributed by atoms with Gasteiger partial charge in [0.05, 0.1) is 19.3 Å². The molecular weight excluding hydrogens is 321 g/mol. The molecule has 1 aromatic heterocycles. The number of morpholine rings is 1. The Hall–Kier alpha value is -2.25. The Labute approximate surface area is 147 Å². The average Bonchev–Trinajstić information content (AvgIpc) is 2.64. The molecule has 0 amide bonds. The molecule has 6 nitrogen and oxygen atoms in total. The minimum atomic E-state index is -0.222. The summed E-state index contributed by atoms with van der Waals surface area (Å²) in [5, 5.41) is 3.37. The Bertz CT molecular complexity index is 673. The van der Waals surface area contributed by atoms with Gasteiger partial charge >= 0.3 is 0 Å². The van der Waals surface area contributed by atoms with Crippen molar-refractivity contribution in [2.45, 2.75) is 6.04 Å². The molecule has 25 heavy (non-hydrogen) atoms. The molecule has 0 bridgehead atoms. The Morgan fingerprint density at radius 2 is 1.92 bits per heavy atom. The Morgan fingerprint density at radius 3 is 2.60 bits per heavy atom. The Morgan fingerprint density at radius 1 is 1.20 bits per heavy atom. The van der Waals surface area contributed by atoms with Crippen molar-refractivity contribution >= 4 is 11.8 Å². The number of hydrogen-bond acceptors (Lipinski definition) is 6. The lowest BCUT2D eigenvalue weighted by Gasteiger charge is -2.27.